The molecule has 0 aliphatic rings. The van der Waals surface area contributed by atoms with Crippen molar-refractivity contribution in [1.82, 2.24) is 5.32 Å². The second-order valence-corrected chi connectivity index (χ2v) is 6.38. The van der Waals surface area contributed by atoms with Gasteiger partial charge in [-0.15, -0.1) is 0 Å². The lowest BCUT2D eigenvalue weighted by molar-refractivity contribution is -0.142. The Hall–Kier alpha value is -3.88. The third-order valence-corrected chi connectivity index (χ3v) is 4.13. The zero-order valence-electron chi connectivity index (χ0n) is 16.8. The third-order valence-electron chi connectivity index (χ3n) is 4.13. The molecule has 0 aromatic heterocycles. The van der Waals surface area contributed by atoms with Crippen LogP contribution in [0, 0.1) is 0 Å². The number of carbonyl (C=O) groups is 3. The zero-order chi connectivity index (χ0) is 22.1. The Bertz CT molecular complexity index is 923. The van der Waals surface area contributed by atoms with E-state index in [0.717, 1.165) is 5.56 Å². The van der Waals surface area contributed by atoms with Crippen molar-refractivity contribution in [3.63, 3.8) is 0 Å². The van der Waals surface area contributed by atoms with Gasteiger partial charge in [0.05, 0.1) is 12.8 Å². The minimum atomic E-state index is -0.919. The second-order valence-electron chi connectivity index (χ2n) is 6.38. The van der Waals surface area contributed by atoms with Crippen LogP contribution < -0.4 is 15.4 Å². The van der Waals surface area contributed by atoms with Crippen LogP contribution in [0.4, 0.5) is 10.5 Å². The molecule has 9 heteroatoms. The molecule has 30 heavy (non-hydrogen) atoms. The summed E-state index contributed by atoms with van der Waals surface area (Å²) >= 11 is 0. The number of methoxy groups -OCH3 is 1. The molecule has 0 spiro atoms. The number of carbonyl (C=O) groups excluding carboxylic acids is 3. The number of nitrogens with one attached hydrogen (secondary N) is 2. The van der Waals surface area contributed by atoms with E-state index in [4.69, 9.17) is 14.7 Å². The maximum absolute atomic E-state index is 12.3. The van der Waals surface area contributed by atoms with Gasteiger partial charge in [-0.3, -0.25) is 4.79 Å². The molecule has 0 aliphatic carbocycles. The molecule has 3 N–H and O–H groups in total. The third kappa shape index (κ3) is 6.62. The van der Waals surface area contributed by atoms with E-state index < -0.39 is 24.0 Å². The number of oxime groups is 1. The number of nitrogens with zero attached hydrogens (tertiary/aromatic N) is 1. The molecule has 0 saturated heterocycles. The molecule has 1 unspecified atom stereocenters. The molecule has 0 bridgehead atoms. The van der Waals surface area contributed by atoms with E-state index in [9.17, 15) is 14.4 Å². The average molecular weight is 413 g/mol. The van der Waals surface area contributed by atoms with Gasteiger partial charge in [0.15, 0.2) is 0 Å². The summed E-state index contributed by atoms with van der Waals surface area (Å²) in [6.07, 6.45) is 0.186. The van der Waals surface area contributed by atoms with Crippen LogP contribution >= 0.6 is 0 Å². The normalized spacial score (nSPS) is 11.9. The van der Waals surface area contributed by atoms with E-state index in [1.54, 1.807) is 55.5 Å². The molecule has 0 aliphatic heterocycles. The minimum Gasteiger partial charge on any atom is -0.467 e. The van der Waals surface area contributed by atoms with Gasteiger partial charge in [-0.2, -0.15) is 0 Å². The zero-order valence-corrected chi connectivity index (χ0v) is 16.8. The highest BCUT2D eigenvalue weighted by molar-refractivity contribution is 5.99. The van der Waals surface area contributed by atoms with Crippen molar-refractivity contribution in [2.75, 3.05) is 12.4 Å². The van der Waals surface area contributed by atoms with E-state index in [0.29, 0.717) is 22.7 Å². The fourth-order valence-electron chi connectivity index (χ4n) is 2.61. The van der Waals surface area contributed by atoms with Gasteiger partial charge in [-0.1, -0.05) is 29.4 Å². The number of hydrogen-bond acceptors (Lipinski definition) is 7. The van der Waals surface area contributed by atoms with E-state index >= 15 is 0 Å². The van der Waals surface area contributed by atoms with Crippen molar-refractivity contribution in [3.05, 3.63) is 59.7 Å². The Labute approximate surface area is 173 Å². The van der Waals surface area contributed by atoms with E-state index in [-0.39, 0.29) is 6.42 Å². The number of esters is 2. The van der Waals surface area contributed by atoms with Crippen LogP contribution in [0.2, 0.25) is 0 Å². The van der Waals surface area contributed by atoms with Crippen molar-refractivity contribution < 1.29 is 29.1 Å². The van der Waals surface area contributed by atoms with Crippen LogP contribution in [0.15, 0.2) is 53.7 Å². The SMILES string of the molecule is COC(=O)C(Cc1ccc(OC(C)=O)cc1)NC(=O)Nc1ccc(C(C)=NO)cc1. The molecular weight excluding hydrogens is 390 g/mol. The predicted molar refractivity (Wildman–Crippen MR) is 110 cm³/mol. The molecule has 9 nitrogen and oxygen atoms in total. The van der Waals surface area contributed by atoms with Crippen LogP contribution in [-0.4, -0.2) is 42.0 Å². The fraction of sp³-hybridized carbons (Fsp3) is 0.238. The van der Waals surface area contributed by atoms with Gasteiger partial charge in [-0.25, -0.2) is 9.59 Å². The van der Waals surface area contributed by atoms with Crippen LogP contribution in [0.1, 0.15) is 25.0 Å². The largest absolute Gasteiger partial charge is 0.467 e. The molecule has 1 atom stereocenters. The van der Waals surface area contributed by atoms with Crippen molar-refractivity contribution in [1.29, 1.82) is 0 Å². The Kier molecular flexibility index (Phi) is 7.92. The van der Waals surface area contributed by atoms with Crippen LogP contribution in [0.3, 0.4) is 0 Å². The van der Waals surface area contributed by atoms with Gasteiger partial charge in [0.25, 0.3) is 0 Å². The van der Waals surface area contributed by atoms with Gasteiger partial charge in [0, 0.05) is 19.0 Å². The smallest absolute Gasteiger partial charge is 0.328 e. The van der Waals surface area contributed by atoms with Crippen molar-refractivity contribution >= 4 is 29.4 Å². The fourth-order valence-corrected chi connectivity index (χ4v) is 2.61. The Morgan fingerprint density at radius 2 is 1.67 bits per heavy atom. The summed E-state index contributed by atoms with van der Waals surface area (Å²) in [5.41, 5.74) is 2.38. The molecule has 2 rings (SSSR count). The average Bonchev–Trinajstić information content (AvgIpc) is 2.73. The quantitative estimate of drug-likeness (QED) is 0.211. The van der Waals surface area contributed by atoms with E-state index in [1.165, 1.54) is 14.0 Å². The molecule has 2 aromatic rings. The highest BCUT2D eigenvalue weighted by Crippen LogP contribution is 2.15. The predicted octanol–water partition coefficient (Wildman–Crippen LogP) is 2.72. The number of urea groups is 1. The van der Waals surface area contributed by atoms with Crippen LogP contribution in [-0.2, 0) is 20.7 Å². The number of rotatable bonds is 7. The lowest BCUT2D eigenvalue weighted by Crippen LogP contribution is -2.45. The molecule has 0 fully saturated rings. The van der Waals surface area contributed by atoms with Crippen molar-refractivity contribution in [2.24, 2.45) is 5.16 Å². The number of amides is 2. The van der Waals surface area contributed by atoms with Crippen molar-refractivity contribution in [3.8, 4) is 5.75 Å². The summed E-state index contributed by atoms with van der Waals surface area (Å²) in [5.74, 6) is -0.642. The van der Waals surface area contributed by atoms with E-state index in [1.807, 2.05) is 0 Å². The van der Waals surface area contributed by atoms with Gasteiger partial charge in [0.1, 0.15) is 11.8 Å². The second kappa shape index (κ2) is 10.6. The molecule has 158 valence electrons. The first-order valence-corrected chi connectivity index (χ1v) is 9.04. The van der Waals surface area contributed by atoms with Gasteiger partial charge >= 0.3 is 18.0 Å². The standard InChI is InChI=1S/C21H23N3O6/c1-13(24-28)16-6-8-17(9-7-16)22-21(27)23-19(20(26)29-3)12-15-4-10-18(11-5-15)30-14(2)25/h4-11,19,28H,12H2,1-3H3,(H2,22,23,27). The first-order chi connectivity index (χ1) is 14.3. The van der Waals surface area contributed by atoms with Crippen LogP contribution in [0.25, 0.3) is 0 Å². The van der Waals surface area contributed by atoms with Crippen molar-refractivity contribution in [2.45, 2.75) is 26.3 Å². The molecule has 0 saturated carbocycles. The minimum absolute atomic E-state index is 0.186. The van der Waals surface area contributed by atoms with Gasteiger partial charge in [0.2, 0.25) is 0 Å². The lowest BCUT2D eigenvalue weighted by atomic mass is 10.1. The first kappa shape index (κ1) is 22.4. The molecule has 2 amide bonds. The summed E-state index contributed by atoms with van der Waals surface area (Å²) in [5, 5.41) is 17.1. The summed E-state index contributed by atoms with van der Waals surface area (Å²) in [7, 11) is 1.24. The number of anilines is 1. The summed E-state index contributed by atoms with van der Waals surface area (Å²) in [6, 6.07) is 11.7. The Morgan fingerprint density at radius 1 is 1.03 bits per heavy atom. The number of ether oxygens (including phenoxy) is 2. The number of benzene rings is 2. The highest BCUT2D eigenvalue weighted by atomic mass is 16.5. The van der Waals surface area contributed by atoms with Gasteiger partial charge < -0.3 is 25.3 Å². The summed E-state index contributed by atoms with van der Waals surface area (Å²) in [6.45, 7) is 2.95. The molecular formula is C21H23N3O6. The molecule has 0 radical (unpaired) electrons. The highest BCUT2D eigenvalue weighted by Gasteiger charge is 2.22. The monoisotopic (exact) mass is 413 g/mol. The molecule has 2 aromatic carbocycles. The Balaban J connectivity index is 2.02. The first-order valence-electron chi connectivity index (χ1n) is 9.04. The maximum atomic E-state index is 12.3. The topological polar surface area (TPSA) is 126 Å². The van der Waals surface area contributed by atoms with E-state index in [2.05, 4.69) is 15.8 Å². The van der Waals surface area contributed by atoms with Gasteiger partial charge in [-0.05, 0) is 42.3 Å². The number of hydrogen-bond donors (Lipinski definition) is 3. The maximum Gasteiger partial charge on any atom is 0.328 e. The van der Waals surface area contributed by atoms with Crippen LogP contribution in [0.5, 0.6) is 5.75 Å². The lowest BCUT2D eigenvalue weighted by Gasteiger charge is -2.17. The summed E-state index contributed by atoms with van der Waals surface area (Å²) < 4.78 is 9.75. The molecule has 0 heterocycles. The Morgan fingerprint density at radius 3 is 2.20 bits per heavy atom. The summed E-state index contributed by atoms with van der Waals surface area (Å²) in [4.78, 5) is 35.4.